The van der Waals surface area contributed by atoms with Gasteiger partial charge in [0.05, 0.1) is 19.6 Å². The molecule has 0 bridgehead atoms. The van der Waals surface area contributed by atoms with Crippen LogP contribution in [0.4, 0.5) is 0 Å². The van der Waals surface area contributed by atoms with E-state index in [0.717, 1.165) is 10.5 Å². The van der Waals surface area contributed by atoms with Crippen molar-refractivity contribution in [2.24, 2.45) is 0 Å². The van der Waals surface area contributed by atoms with Crippen molar-refractivity contribution in [2.45, 2.75) is 23.8 Å². The molecule has 0 saturated carbocycles. The van der Waals surface area contributed by atoms with E-state index >= 15 is 0 Å². The number of carbonyl (C=O) groups excluding carboxylic acids is 2. The first-order valence-electron chi connectivity index (χ1n) is 6.75. The van der Waals surface area contributed by atoms with Gasteiger partial charge in [0.2, 0.25) is 5.91 Å². The fraction of sp³-hybridized carbons (Fsp3) is 0.467. The molecule has 1 aromatic carbocycles. The second-order valence-electron chi connectivity index (χ2n) is 4.53. The third-order valence-corrected chi connectivity index (χ3v) is 3.80. The molecule has 7 heteroatoms. The number of esters is 1. The smallest absolute Gasteiger partial charge is 0.307 e. The largest absolute Gasteiger partial charge is 0.469 e. The van der Waals surface area contributed by atoms with Crippen molar-refractivity contribution in [3.05, 3.63) is 29.8 Å². The molecule has 0 aliphatic rings. The Labute approximate surface area is 142 Å². The van der Waals surface area contributed by atoms with Gasteiger partial charge in [-0.1, -0.05) is 12.1 Å². The molecule has 1 rings (SSSR count). The molecule has 0 fully saturated rings. The van der Waals surface area contributed by atoms with Crippen molar-refractivity contribution in [3.63, 3.8) is 0 Å². The van der Waals surface area contributed by atoms with Crippen molar-refractivity contribution in [1.29, 1.82) is 0 Å². The van der Waals surface area contributed by atoms with Gasteiger partial charge in [-0.2, -0.15) is 0 Å². The predicted octanol–water partition coefficient (Wildman–Crippen LogP) is 2.16. The molecule has 0 aliphatic heterocycles. The maximum absolute atomic E-state index is 11.9. The second kappa shape index (κ2) is 11.3. The fourth-order valence-electron chi connectivity index (χ4n) is 1.84. The quantitative estimate of drug-likeness (QED) is 0.557. The monoisotopic (exact) mass is 346 g/mol. The van der Waals surface area contributed by atoms with Crippen LogP contribution in [0.3, 0.4) is 0 Å². The minimum absolute atomic E-state index is 0. The predicted molar refractivity (Wildman–Crippen MR) is 91.5 cm³/mol. The average molecular weight is 347 g/mol. The van der Waals surface area contributed by atoms with Crippen LogP contribution in [0, 0.1) is 0 Å². The first-order valence-corrected chi connectivity index (χ1v) is 7.98. The highest BCUT2D eigenvalue weighted by Crippen LogP contribution is 2.21. The highest BCUT2D eigenvalue weighted by molar-refractivity contribution is 7.98. The lowest BCUT2D eigenvalue weighted by Gasteiger charge is -2.18. The van der Waals surface area contributed by atoms with Crippen molar-refractivity contribution < 1.29 is 14.3 Å². The van der Waals surface area contributed by atoms with Crippen LogP contribution in [-0.4, -0.2) is 38.8 Å². The van der Waals surface area contributed by atoms with E-state index in [1.165, 1.54) is 7.11 Å². The summed E-state index contributed by atoms with van der Waals surface area (Å²) < 4.78 is 4.70. The number of methoxy groups -OCH3 is 1. The number of rotatable bonds is 8. The number of amides is 1. The molecule has 0 heterocycles. The Morgan fingerprint density at radius 3 is 2.41 bits per heavy atom. The van der Waals surface area contributed by atoms with Gasteiger partial charge in [-0.3, -0.25) is 9.59 Å². The van der Waals surface area contributed by atoms with Gasteiger partial charge >= 0.3 is 5.97 Å². The van der Waals surface area contributed by atoms with E-state index in [0.29, 0.717) is 13.0 Å². The first-order chi connectivity index (χ1) is 10.1. The lowest BCUT2D eigenvalue weighted by atomic mass is 10.0. The second-order valence-corrected chi connectivity index (χ2v) is 5.41. The van der Waals surface area contributed by atoms with Crippen molar-refractivity contribution in [3.8, 4) is 0 Å². The summed E-state index contributed by atoms with van der Waals surface area (Å²) in [6, 6.07) is 7.45. The minimum atomic E-state index is -0.363. The molecule has 2 N–H and O–H groups in total. The SMILES string of the molecule is CNCCC(=O)NC(CC(=O)OC)c1ccc(SC)cc1.Cl. The van der Waals surface area contributed by atoms with Crippen LogP contribution in [0.25, 0.3) is 0 Å². The molecule has 0 aliphatic carbocycles. The van der Waals surface area contributed by atoms with Crippen molar-refractivity contribution >= 4 is 36.0 Å². The third kappa shape index (κ3) is 7.15. The number of hydrogen-bond acceptors (Lipinski definition) is 5. The summed E-state index contributed by atoms with van der Waals surface area (Å²) in [6.07, 6.45) is 2.50. The van der Waals surface area contributed by atoms with E-state index in [9.17, 15) is 9.59 Å². The van der Waals surface area contributed by atoms with E-state index < -0.39 is 0 Å². The summed E-state index contributed by atoms with van der Waals surface area (Å²) in [5.74, 6) is -0.435. The summed E-state index contributed by atoms with van der Waals surface area (Å²) in [5.41, 5.74) is 0.899. The third-order valence-electron chi connectivity index (χ3n) is 3.05. The maximum Gasteiger partial charge on any atom is 0.307 e. The maximum atomic E-state index is 11.9. The van der Waals surface area contributed by atoms with E-state index in [1.807, 2.05) is 30.5 Å². The summed E-state index contributed by atoms with van der Waals surface area (Å²) in [6.45, 7) is 0.599. The zero-order chi connectivity index (χ0) is 15.7. The van der Waals surface area contributed by atoms with Gasteiger partial charge in [-0.15, -0.1) is 24.2 Å². The van der Waals surface area contributed by atoms with Crippen LogP contribution < -0.4 is 10.6 Å². The summed E-state index contributed by atoms with van der Waals surface area (Å²) in [5, 5.41) is 5.81. The van der Waals surface area contributed by atoms with Crippen LogP contribution in [0.2, 0.25) is 0 Å². The Bertz CT molecular complexity index is 468. The van der Waals surface area contributed by atoms with Crippen LogP contribution in [0.15, 0.2) is 29.2 Å². The Kier molecular flexibility index (Phi) is 10.7. The Balaban J connectivity index is 0.00000441. The molecule has 124 valence electrons. The number of thioether (sulfide) groups is 1. The van der Waals surface area contributed by atoms with E-state index in [-0.39, 0.29) is 36.7 Å². The molecule has 0 spiro atoms. The number of hydrogen-bond donors (Lipinski definition) is 2. The van der Waals surface area contributed by atoms with Gasteiger partial charge in [0.15, 0.2) is 0 Å². The molecule has 1 amide bonds. The van der Waals surface area contributed by atoms with Crippen LogP contribution in [0.1, 0.15) is 24.4 Å². The molecule has 0 aromatic heterocycles. The highest BCUT2D eigenvalue weighted by atomic mass is 35.5. The van der Waals surface area contributed by atoms with Gasteiger partial charge in [-0.25, -0.2) is 0 Å². The Morgan fingerprint density at radius 1 is 1.27 bits per heavy atom. The number of ether oxygens (including phenoxy) is 1. The van der Waals surface area contributed by atoms with E-state index in [2.05, 4.69) is 10.6 Å². The standard InChI is InChI=1S/C15H22N2O3S.ClH/c1-16-9-8-14(18)17-13(10-15(19)20-2)11-4-6-12(21-3)7-5-11;/h4-7,13,16H,8-10H2,1-3H3,(H,17,18);1H. The summed E-state index contributed by atoms with van der Waals surface area (Å²) in [4.78, 5) is 24.5. The summed E-state index contributed by atoms with van der Waals surface area (Å²) >= 11 is 1.65. The van der Waals surface area contributed by atoms with Crippen LogP contribution >= 0.6 is 24.2 Å². The Hall–Kier alpha value is -1.24. The van der Waals surface area contributed by atoms with Gasteiger partial charge in [0, 0.05) is 17.9 Å². The van der Waals surface area contributed by atoms with Gasteiger partial charge in [0.25, 0.3) is 0 Å². The number of nitrogens with one attached hydrogen (secondary N) is 2. The van der Waals surface area contributed by atoms with Crippen LogP contribution in [0.5, 0.6) is 0 Å². The molecular formula is C15H23ClN2O3S. The molecule has 22 heavy (non-hydrogen) atoms. The molecule has 0 radical (unpaired) electrons. The van der Waals surface area contributed by atoms with Gasteiger partial charge in [0.1, 0.15) is 0 Å². The zero-order valence-corrected chi connectivity index (χ0v) is 14.7. The molecule has 5 nitrogen and oxygen atoms in total. The highest BCUT2D eigenvalue weighted by Gasteiger charge is 2.18. The topological polar surface area (TPSA) is 67.4 Å². The lowest BCUT2D eigenvalue weighted by Crippen LogP contribution is -2.32. The summed E-state index contributed by atoms with van der Waals surface area (Å²) in [7, 11) is 3.14. The van der Waals surface area contributed by atoms with E-state index in [4.69, 9.17) is 4.74 Å². The molecular weight excluding hydrogens is 324 g/mol. The number of carbonyl (C=O) groups is 2. The Morgan fingerprint density at radius 2 is 1.91 bits per heavy atom. The minimum Gasteiger partial charge on any atom is -0.469 e. The van der Waals surface area contributed by atoms with Gasteiger partial charge in [-0.05, 0) is 31.0 Å². The molecule has 1 unspecified atom stereocenters. The van der Waals surface area contributed by atoms with E-state index in [1.54, 1.807) is 18.8 Å². The normalized spacial score (nSPS) is 11.2. The van der Waals surface area contributed by atoms with Crippen LogP contribution in [-0.2, 0) is 14.3 Å². The number of halogens is 1. The fourth-order valence-corrected chi connectivity index (χ4v) is 2.25. The van der Waals surface area contributed by atoms with Crippen molar-refractivity contribution in [2.75, 3.05) is 27.0 Å². The zero-order valence-electron chi connectivity index (χ0n) is 13.0. The van der Waals surface area contributed by atoms with Gasteiger partial charge < -0.3 is 15.4 Å². The van der Waals surface area contributed by atoms with Crippen molar-refractivity contribution in [1.82, 2.24) is 10.6 Å². The number of benzene rings is 1. The lowest BCUT2D eigenvalue weighted by molar-refractivity contribution is -0.141. The molecule has 0 saturated heterocycles. The average Bonchev–Trinajstić information content (AvgIpc) is 2.52. The molecule has 1 atom stereocenters. The molecule has 1 aromatic rings. The first kappa shape index (κ1) is 20.8.